The van der Waals surface area contributed by atoms with E-state index in [1.54, 1.807) is 0 Å². The highest BCUT2D eigenvalue weighted by Crippen LogP contribution is 2.08. The molecule has 0 aliphatic rings. The fraction of sp³-hybridized carbons (Fsp3) is 0.652. The van der Waals surface area contributed by atoms with E-state index in [4.69, 9.17) is 9.47 Å². The normalized spacial score (nSPS) is 11.8. The van der Waals surface area contributed by atoms with Crippen LogP contribution in [-0.2, 0) is 16.0 Å². The van der Waals surface area contributed by atoms with Gasteiger partial charge in [-0.25, -0.2) is 9.59 Å². The molecular formula is C23H39N3O4. The Morgan fingerprint density at radius 1 is 0.800 bits per heavy atom. The van der Waals surface area contributed by atoms with Crippen LogP contribution in [0.4, 0.5) is 9.59 Å². The predicted octanol–water partition coefficient (Wildman–Crippen LogP) is 4.32. The van der Waals surface area contributed by atoms with Gasteiger partial charge in [-0.3, -0.25) is 4.90 Å². The number of carbonyl (C=O) groups is 2. The number of rotatable bonds is 10. The smallest absolute Gasteiger partial charge is 0.407 e. The summed E-state index contributed by atoms with van der Waals surface area (Å²) >= 11 is 0. The van der Waals surface area contributed by atoms with Crippen molar-refractivity contribution in [2.45, 2.75) is 72.1 Å². The van der Waals surface area contributed by atoms with Crippen LogP contribution < -0.4 is 10.6 Å². The molecule has 30 heavy (non-hydrogen) atoms. The minimum absolute atomic E-state index is 0.390. The van der Waals surface area contributed by atoms with Crippen molar-refractivity contribution in [3.05, 3.63) is 35.9 Å². The van der Waals surface area contributed by atoms with Crippen LogP contribution in [0.5, 0.6) is 0 Å². The molecule has 1 rings (SSSR count). The second kappa shape index (κ2) is 12.4. The number of ether oxygens (including phenoxy) is 2. The van der Waals surface area contributed by atoms with Gasteiger partial charge in [0.1, 0.15) is 11.2 Å². The van der Waals surface area contributed by atoms with E-state index in [1.165, 1.54) is 5.56 Å². The first kappa shape index (κ1) is 25.8. The topological polar surface area (TPSA) is 79.9 Å². The van der Waals surface area contributed by atoms with Crippen molar-refractivity contribution >= 4 is 12.2 Å². The van der Waals surface area contributed by atoms with Crippen molar-refractivity contribution in [2.24, 2.45) is 0 Å². The fourth-order valence-electron chi connectivity index (χ4n) is 2.73. The van der Waals surface area contributed by atoms with Crippen LogP contribution in [0.15, 0.2) is 30.3 Å². The fourth-order valence-corrected chi connectivity index (χ4v) is 2.73. The number of nitrogens with zero attached hydrogens (tertiary/aromatic N) is 1. The maximum atomic E-state index is 11.8. The monoisotopic (exact) mass is 421 g/mol. The molecule has 2 amide bonds. The van der Waals surface area contributed by atoms with E-state index in [1.807, 2.05) is 59.7 Å². The summed E-state index contributed by atoms with van der Waals surface area (Å²) in [4.78, 5) is 25.9. The standard InChI is InChI=1S/C23H39N3O4/c1-22(2,3)29-20(27)24-14-10-16-26(18-19-12-8-7-9-13-19)17-11-15-25-21(28)30-23(4,5)6/h7-9,12-13H,10-11,14-18H2,1-6H3,(H,24,27)(H,25,28). The lowest BCUT2D eigenvalue weighted by molar-refractivity contribution is 0.0516. The Labute approximate surface area is 181 Å². The van der Waals surface area contributed by atoms with Crippen molar-refractivity contribution in [1.82, 2.24) is 15.5 Å². The molecule has 0 bridgehead atoms. The summed E-state index contributed by atoms with van der Waals surface area (Å²) in [5.41, 5.74) is 0.243. The van der Waals surface area contributed by atoms with E-state index in [0.717, 1.165) is 32.5 Å². The van der Waals surface area contributed by atoms with Crippen molar-refractivity contribution < 1.29 is 19.1 Å². The molecule has 0 aliphatic heterocycles. The lowest BCUT2D eigenvalue weighted by atomic mass is 10.2. The number of benzene rings is 1. The van der Waals surface area contributed by atoms with Gasteiger partial charge < -0.3 is 20.1 Å². The Hall–Kier alpha value is -2.28. The van der Waals surface area contributed by atoms with Crippen LogP contribution in [0, 0.1) is 0 Å². The highest BCUT2D eigenvalue weighted by Gasteiger charge is 2.16. The molecule has 0 fully saturated rings. The molecule has 0 saturated carbocycles. The molecular weight excluding hydrogens is 382 g/mol. The highest BCUT2D eigenvalue weighted by molar-refractivity contribution is 5.67. The van der Waals surface area contributed by atoms with Gasteiger partial charge in [-0.15, -0.1) is 0 Å². The van der Waals surface area contributed by atoms with E-state index in [9.17, 15) is 9.59 Å². The van der Waals surface area contributed by atoms with Crippen LogP contribution in [-0.4, -0.2) is 54.5 Å². The summed E-state index contributed by atoms with van der Waals surface area (Å²) < 4.78 is 10.5. The summed E-state index contributed by atoms with van der Waals surface area (Å²) in [6.45, 7) is 14.7. The first-order valence-corrected chi connectivity index (χ1v) is 10.6. The lowest BCUT2D eigenvalue weighted by Gasteiger charge is -2.24. The van der Waals surface area contributed by atoms with Gasteiger partial charge >= 0.3 is 12.2 Å². The van der Waals surface area contributed by atoms with E-state index < -0.39 is 23.4 Å². The average Bonchev–Trinajstić information content (AvgIpc) is 2.60. The third-order valence-electron chi connectivity index (χ3n) is 3.89. The van der Waals surface area contributed by atoms with Crippen molar-refractivity contribution in [3.8, 4) is 0 Å². The van der Waals surface area contributed by atoms with Gasteiger partial charge in [-0.05, 0) is 59.9 Å². The number of nitrogens with one attached hydrogen (secondary N) is 2. The van der Waals surface area contributed by atoms with Crippen molar-refractivity contribution in [1.29, 1.82) is 0 Å². The molecule has 7 heteroatoms. The second-order valence-electron chi connectivity index (χ2n) is 9.33. The molecule has 0 unspecified atom stereocenters. The molecule has 170 valence electrons. The molecule has 0 aromatic heterocycles. The van der Waals surface area contributed by atoms with Crippen LogP contribution in [0.3, 0.4) is 0 Å². The number of alkyl carbamates (subject to hydrolysis) is 2. The van der Waals surface area contributed by atoms with Gasteiger partial charge in [-0.1, -0.05) is 30.3 Å². The van der Waals surface area contributed by atoms with Crippen LogP contribution in [0.1, 0.15) is 59.9 Å². The molecule has 1 aromatic rings. The summed E-state index contributed by atoms with van der Waals surface area (Å²) in [7, 11) is 0. The maximum absolute atomic E-state index is 11.8. The SMILES string of the molecule is CC(C)(C)OC(=O)NCCCN(CCCNC(=O)OC(C)(C)C)Cc1ccccc1. The first-order valence-electron chi connectivity index (χ1n) is 10.6. The lowest BCUT2D eigenvalue weighted by Crippen LogP contribution is -2.36. The summed E-state index contributed by atoms with van der Waals surface area (Å²) in [5, 5.41) is 5.60. The number of hydrogen-bond acceptors (Lipinski definition) is 5. The molecule has 7 nitrogen and oxygen atoms in total. The number of hydrogen-bond donors (Lipinski definition) is 2. The minimum Gasteiger partial charge on any atom is -0.444 e. The Kier molecular flexibility index (Phi) is 10.7. The molecule has 0 radical (unpaired) electrons. The predicted molar refractivity (Wildman–Crippen MR) is 119 cm³/mol. The van der Waals surface area contributed by atoms with Gasteiger partial charge in [-0.2, -0.15) is 0 Å². The number of amides is 2. The van der Waals surface area contributed by atoms with Gasteiger partial charge in [0.05, 0.1) is 0 Å². The Morgan fingerprint density at radius 2 is 1.23 bits per heavy atom. The number of carbonyl (C=O) groups excluding carboxylic acids is 2. The van der Waals surface area contributed by atoms with Crippen LogP contribution >= 0.6 is 0 Å². The summed E-state index contributed by atoms with van der Waals surface area (Å²) in [6.07, 6.45) is 0.842. The average molecular weight is 422 g/mol. The largest absolute Gasteiger partial charge is 0.444 e. The van der Waals surface area contributed by atoms with Crippen LogP contribution in [0.25, 0.3) is 0 Å². The van der Waals surface area contributed by atoms with Crippen molar-refractivity contribution in [3.63, 3.8) is 0 Å². The molecule has 0 spiro atoms. The molecule has 0 aliphatic carbocycles. The second-order valence-corrected chi connectivity index (χ2v) is 9.33. The highest BCUT2D eigenvalue weighted by atomic mass is 16.6. The van der Waals surface area contributed by atoms with Crippen molar-refractivity contribution in [2.75, 3.05) is 26.2 Å². The Morgan fingerprint density at radius 3 is 1.63 bits per heavy atom. The third kappa shape index (κ3) is 13.8. The molecule has 0 saturated heterocycles. The van der Waals surface area contributed by atoms with Gasteiger partial charge in [0.2, 0.25) is 0 Å². The molecule has 0 heterocycles. The Bertz CT molecular complexity index is 600. The molecule has 0 atom stereocenters. The first-order chi connectivity index (χ1) is 13.9. The van der Waals surface area contributed by atoms with E-state index >= 15 is 0 Å². The van der Waals surface area contributed by atoms with E-state index in [0.29, 0.717) is 13.1 Å². The molecule has 1 aromatic carbocycles. The Balaban J connectivity index is 2.41. The van der Waals surface area contributed by atoms with E-state index in [-0.39, 0.29) is 0 Å². The van der Waals surface area contributed by atoms with E-state index in [2.05, 4.69) is 27.7 Å². The maximum Gasteiger partial charge on any atom is 0.407 e. The summed E-state index contributed by atoms with van der Waals surface area (Å²) in [6, 6.07) is 10.3. The zero-order valence-electron chi connectivity index (χ0n) is 19.4. The van der Waals surface area contributed by atoms with Gasteiger partial charge in [0, 0.05) is 32.7 Å². The van der Waals surface area contributed by atoms with Gasteiger partial charge in [0.15, 0.2) is 0 Å². The molecule has 2 N–H and O–H groups in total. The minimum atomic E-state index is -0.495. The zero-order chi connectivity index (χ0) is 22.6. The van der Waals surface area contributed by atoms with Crippen LogP contribution in [0.2, 0.25) is 0 Å². The van der Waals surface area contributed by atoms with Gasteiger partial charge in [0.25, 0.3) is 0 Å². The quantitative estimate of drug-likeness (QED) is 0.550. The third-order valence-corrected chi connectivity index (χ3v) is 3.89. The zero-order valence-corrected chi connectivity index (χ0v) is 19.4. The summed E-state index contributed by atoms with van der Waals surface area (Å²) in [5.74, 6) is 0.